The largest absolute Gasteiger partial charge is 0.379 e. The molecule has 0 saturated carbocycles. The molecule has 0 aliphatic rings. The molecule has 28 heavy (non-hydrogen) atoms. The van der Waals surface area contributed by atoms with E-state index in [1.54, 1.807) is 0 Å². The minimum atomic E-state index is -0.837. The summed E-state index contributed by atoms with van der Waals surface area (Å²) in [5.41, 5.74) is 3.67. The number of hydroxylamine groups is 3. The van der Waals surface area contributed by atoms with E-state index in [9.17, 15) is 14.4 Å². The Hall–Kier alpha value is -1.87. The maximum atomic E-state index is 11.0. The van der Waals surface area contributed by atoms with Gasteiger partial charge in [-0.1, -0.05) is 6.92 Å². The molecular formula is C15H30N4O9. The molecule has 0 atom stereocenters. The molecule has 0 radical (unpaired) electrons. The highest BCUT2D eigenvalue weighted by molar-refractivity contribution is 5.75. The number of amides is 3. The number of nitrogens with one attached hydrogen (secondary N) is 4. The van der Waals surface area contributed by atoms with Gasteiger partial charge in [0.15, 0.2) is 0 Å². The maximum absolute atomic E-state index is 11.0. The third-order valence-electron chi connectivity index (χ3n) is 3.48. The zero-order valence-corrected chi connectivity index (χ0v) is 15.9. The summed E-state index contributed by atoms with van der Waals surface area (Å²) in [4.78, 5) is 33.1. The molecule has 0 unspecified atom stereocenters. The molecule has 0 aromatic heterocycles. The second-order valence-electron chi connectivity index (χ2n) is 5.82. The second-order valence-corrected chi connectivity index (χ2v) is 5.82. The standard InChI is InChI=1S/C15H30N4O9/c1-2-16-15(9-26-6-3-12(20)17-23,10-27-7-4-13(21)18-24)11-28-8-5-14(22)19-25/h16,23-25H,2-11H2,1H3,(H,17,20)(H,18,21)(H,19,22). The minimum absolute atomic E-state index is 0.0410. The number of carbonyl (C=O) groups excluding carboxylic acids is 3. The van der Waals surface area contributed by atoms with Crippen molar-refractivity contribution in [1.82, 2.24) is 21.8 Å². The highest BCUT2D eigenvalue weighted by Crippen LogP contribution is 2.10. The Bertz CT molecular complexity index is 405. The van der Waals surface area contributed by atoms with Crippen molar-refractivity contribution < 1.29 is 44.2 Å². The Morgan fingerprint density at radius 2 is 1.04 bits per heavy atom. The monoisotopic (exact) mass is 410 g/mol. The number of rotatable bonds is 17. The molecule has 0 saturated heterocycles. The number of hydrogen-bond acceptors (Lipinski definition) is 10. The first-order chi connectivity index (χ1) is 13.4. The van der Waals surface area contributed by atoms with Crippen LogP contribution >= 0.6 is 0 Å². The molecule has 0 bridgehead atoms. The Morgan fingerprint density at radius 1 is 0.714 bits per heavy atom. The lowest BCUT2D eigenvalue weighted by molar-refractivity contribution is -0.130. The highest BCUT2D eigenvalue weighted by atomic mass is 16.5. The summed E-state index contributed by atoms with van der Waals surface area (Å²) in [6.07, 6.45) is -0.144. The molecule has 3 amide bonds. The SMILES string of the molecule is CCNC(COCCC(=O)NO)(COCCC(=O)NO)COCCC(=O)NO. The number of carbonyl (C=O) groups is 3. The average Bonchev–Trinajstić information content (AvgIpc) is 2.71. The van der Waals surface area contributed by atoms with Gasteiger partial charge in [-0.05, 0) is 6.54 Å². The molecule has 0 fully saturated rings. The van der Waals surface area contributed by atoms with Gasteiger partial charge in [-0.2, -0.15) is 0 Å². The van der Waals surface area contributed by atoms with Crippen molar-refractivity contribution in [3.8, 4) is 0 Å². The van der Waals surface area contributed by atoms with Crippen molar-refractivity contribution in [3.63, 3.8) is 0 Å². The predicted molar refractivity (Wildman–Crippen MR) is 92.5 cm³/mol. The van der Waals surface area contributed by atoms with Gasteiger partial charge in [0.1, 0.15) is 0 Å². The summed E-state index contributed by atoms with van der Waals surface area (Å²) in [5, 5.41) is 28.6. The molecule has 0 aromatic carbocycles. The molecule has 0 rings (SSSR count). The van der Waals surface area contributed by atoms with Crippen molar-refractivity contribution in [3.05, 3.63) is 0 Å². The molecular weight excluding hydrogens is 380 g/mol. The summed E-state index contributed by atoms with van der Waals surface area (Å²) in [5.74, 6) is -1.77. The van der Waals surface area contributed by atoms with Gasteiger partial charge >= 0.3 is 0 Å². The van der Waals surface area contributed by atoms with Gasteiger partial charge in [0.05, 0.1) is 64.4 Å². The highest BCUT2D eigenvalue weighted by Gasteiger charge is 2.31. The fourth-order valence-electron chi connectivity index (χ4n) is 2.12. The van der Waals surface area contributed by atoms with E-state index in [1.165, 1.54) is 16.4 Å². The van der Waals surface area contributed by atoms with Crippen molar-refractivity contribution in [2.75, 3.05) is 46.2 Å². The van der Waals surface area contributed by atoms with Crippen LogP contribution < -0.4 is 21.8 Å². The Labute approximate surface area is 162 Å². The number of hydrogen-bond donors (Lipinski definition) is 7. The maximum Gasteiger partial charge on any atom is 0.245 e. The summed E-state index contributed by atoms with van der Waals surface area (Å²) >= 11 is 0. The van der Waals surface area contributed by atoms with E-state index in [4.69, 9.17) is 29.8 Å². The van der Waals surface area contributed by atoms with E-state index < -0.39 is 23.3 Å². The molecule has 13 heteroatoms. The van der Waals surface area contributed by atoms with Gasteiger partial charge in [0.2, 0.25) is 17.7 Å². The van der Waals surface area contributed by atoms with Gasteiger partial charge in [-0.25, -0.2) is 16.4 Å². The first-order valence-corrected chi connectivity index (χ1v) is 8.70. The molecule has 0 spiro atoms. The molecule has 0 aromatic rings. The average molecular weight is 410 g/mol. The fourth-order valence-corrected chi connectivity index (χ4v) is 2.12. The van der Waals surface area contributed by atoms with Crippen molar-refractivity contribution in [1.29, 1.82) is 0 Å². The van der Waals surface area contributed by atoms with Gasteiger partial charge in [-0.3, -0.25) is 30.0 Å². The Morgan fingerprint density at radius 3 is 1.29 bits per heavy atom. The fraction of sp³-hybridized carbons (Fsp3) is 0.800. The van der Waals surface area contributed by atoms with E-state index in [0.717, 1.165) is 0 Å². The van der Waals surface area contributed by atoms with Crippen LogP contribution in [0.5, 0.6) is 0 Å². The van der Waals surface area contributed by atoms with Crippen LogP contribution in [0.4, 0.5) is 0 Å². The van der Waals surface area contributed by atoms with E-state index in [0.29, 0.717) is 6.54 Å². The summed E-state index contributed by atoms with van der Waals surface area (Å²) in [6, 6.07) is 0. The van der Waals surface area contributed by atoms with Crippen LogP contribution in [-0.4, -0.2) is 85.1 Å². The quantitative estimate of drug-likeness (QED) is 0.0808. The lowest BCUT2D eigenvalue weighted by atomic mass is 10.0. The van der Waals surface area contributed by atoms with E-state index in [1.807, 2.05) is 6.92 Å². The summed E-state index contributed by atoms with van der Waals surface area (Å²) in [6.45, 7) is 2.75. The van der Waals surface area contributed by atoms with Crippen LogP contribution in [0.25, 0.3) is 0 Å². The summed E-state index contributed by atoms with van der Waals surface area (Å²) in [7, 11) is 0. The molecule has 164 valence electrons. The second kappa shape index (κ2) is 16.1. The first-order valence-electron chi connectivity index (χ1n) is 8.70. The van der Waals surface area contributed by atoms with Crippen LogP contribution in [0, 0.1) is 0 Å². The minimum Gasteiger partial charge on any atom is -0.379 e. The normalized spacial score (nSPS) is 11.1. The van der Waals surface area contributed by atoms with Gasteiger partial charge < -0.3 is 19.5 Å². The zero-order chi connectivity index (χ0) is 21.3. The van der Waals surface area contributed by atoms with Gasteiger partial charge in [0.25, 0.3) is 0 Å². The van der Waals surface area contributed by atoms with Crippen LogP contribution in [0.3, 0.4) is 0 Å². The van der Waals surface area contributed by atoms with Crippen molar-refractivity contribution >= 4 is 17.7 Å². The van der Waals surface area contributed by atoms with Gasteiger partial charge in [0, 0.05) is 0 Å². The Balaban J connectivity index is 4.70. The Kier molecular flexibility index (Phi) is 15.0. The van der Waals surface area contributed by atoms with Crippen LogP contribution in [0.15, 0.2) is 0 Å². The number of ether oxygens (including phenoxy) is 3. The lowest BCUT2D eigenvalue weighted by Crippen LogP contribution is -2.56. The molecule has 7 N–H and O–H groups in total. The smallest absolute Gasteiger partial charge is 0.245 e. The van der Waals surface area contributed by atoms with Crippen LogP contribution in [-0.2, 0) is 28.6 Å². The van der Waals surface area contributed by atoms with E-state index in [-0.39, 0.29) is 58.9 Å². The zero-order valence-electron chi connectivity index (χ0n) is 15.9. The van der Waals surface area contributed by atoms with Crippen LogP contribution in [0.1, 0.15) is 26.2 Å². The topological polar surface area (TPSA) is 188 Å². The lowest BCUT2D eigenvalue weighted by Gasteiger charge is -2.34. The third-order valence-corrected chi connectivity index (χ3v) is 3.48. The summed E-state index contributed by atoms with van der Waals surface area (Å²) < 4.78 is 16.5. The molecule has 0 aliphatic carbocycles. The van der Waals surface area contributed by atoms with Crippen LogP contribution in [0.2, 0.25) is 0 Å². The molecule has 0 aliphatic heterocycles. The van der Waals surface area contributed by atoms with Gasteiger partial charge in [-0.15, -0.1) is 0 Å². The van der Waals surface area contributed by atoms with E-state index in [2.05, 4.69) is 5.32 Å². The molecule has 0 heterocycles. The molecule has 13 nitrogen and oxygen atoms in total. The van der Waals surface area contributed by atoms with Crippen molar-refractivity contribution in [2.45, 2.75) is 31.7 Å². The predicted octanol–water partition coefficient (Wildman–Crippen LogP) is -1.93. The first kappa shape index (κ1) is 26.1. The number of likely N-dealkylation sites (N-methyl/N-ethyl adjacent to an activating group) is 1. The van der Waals surface area contributed by atoms with E-state index >= 15 is 0 Å². The van der Waals surface area contributed by atoms with Crippen molar-refractivity contribution in [2.24, 2.45) is 0 Å². The third kappa shape index (κ3) is 12.5.